The molecule has 0 saturated carbocycles. The van der Waals surface area contributed by atoms with E-state index in [1.165, 1.54) is 25.7 Å². The first-order valence-corrected chi connectivity index (χ1v) is 8.52. The fourth-order valence-electron chi connectivity index (χ4n) is 2.69. The molecule has 3 heteroatoms. The van der Waals surface area contributed by atoms with E-state index in [-0.39, 0.29) is 5.43 Å². The zero-order valence-electron chi connectivity index (χ0n) is 14.6. The van der Waals surface area contributed by atoms with Gasteiger partial charge in [0.25, 0.3) is 0 Å². The summed E-state index contributed by atoms with van der Waals surface area (Å²) in [6.45, 7) is 7.21. The average Bonchev–Trinajstić information content (AvgIpc) is 2.48. The molecule has 0 fully saturated rings. The zero-order chi connectivity index (χ0) is 16.5. The molecule has 0 aliphatic heterocycles. The molecule has 0 atom stereocenters. The Morgan fingerprint density at radius 3 is 2.00 bits per heavy atom. The molecule has 0 aromatic carbocycles. The lowest BCUT2D eigenvalue weighted by Gasteiger charge is -2.08. The minimum Gasteiger partial charge on any atom is -0.466 e. The molecule has 0 radical (unpaired) electrons. The molecule has 0 amide bonds. The van der Waals surface area contributed by atoms with E-state index in [1.54, 1.807) is 6.92 Å². The molecule has 3 nitrogen and oxygen atoms in total. The van der Waals surface area contributed by atoms with Crippen molar-refractivity contribution >= 4 is 5.78 Å². The molecule has 1 heterocycles. The lowest BCUT2D eigenvalue weighted by molar-refractivity contribution is -0.117. The summed E-state index contributed by atoms with van der Waals surface area (Å²) < 4.78 is 5.77. The van der Waals surface area contributed by atoms with E-state index in [0.717, 1.165) is 54.8 Å². The van der Waals surface area contributed by atoms with E-state index in [1.807, 2.05) is 20.8 Å². The molecule has 0 aliphatic carbocycles. The maximum atomic E-state index is 12.0. The lowest BCUT2D eigenvalue weighted by Crippen LogP contribution is -2.13. The van der Waals surface area contributed by atoms with Crippen LogP contribution in [-0.4, -0.2) is 5.78 Å². The standard InChI is InChI=1S/C19H30O3/c1-14(20)12-10-8-6-5-7-9-11-13-18-16(3)19(21)15(2)17(4)22-18/h5-13H2,1-4H3. The fourth-order valence-corrected chi connectivity index (χ4v) is 2.69. The van der Waals surface area contributed by atoms with Gasteiger partial charge < -0.3 is 9.21 Å². The molecule has 0 N–H and O–H groups in total. The van der Waals surface area contributed by atoms with Crippen molar-refractivity contribution in [1.82, 2.24) is 0 Å². The summed E-state index contributed by atoms with van der Waals surface area (Å²) in [5, 5.41) is 0. The third-order valence-electron chi connectivity index (χ3n) is 4.34. The lowest BCUT2D eigenvalue weighted by atomic mass is 10.0. The first-order chi connectivity index (χ1) is 10.4. The normalized spacial score (nSPS) is 10.9. The quantitative estimate of drug-likeness (QED) is 0.582. The van der Waals surface area contributed by atoms with Crippen LogP contribution in [-0.2, 0) is 11.2 Å². The van der Waals surface area contributed by atoms with Crippen LogP contribution >= 0.6 is 0 Å². The van der Waals surface area contributed by atoms with Gasteiger partial charge in [0, 0.05) is 24.0 Å². The highest BCUT2D eigenvalue weighted by Crippen LogP contribution is 2.15. The maximum absolute atomic E-state index is 12.0. The van der Waals surface area contributed by atoms with Crippen molar-refractivity contribution in [2.45, 2.75) is 85.5 Å². The Balaban J connectivity index is 2.20. The summed E-state index contributed by atoms with van der Waals surface area (Å²) in [5.41, 5.74) is 1.63. The first-order valence-electron chi connectivity index (χ1n) is 8.52. The largest absolute Gasteiger partial charge is 0.466 e. The van der Waals surface area contributed by atoms with Crippen LogP contribution in [0.3, 0.4) is 0 Å². The summed E-state index contributed by atoms with van der Waals surface area (Å²) in [6.07, 6.45) is 9.67. The highest BCUT2D eigenvalue weighted by molar-refractivity contribution is 5.75. The van der Waals surface area contributed by atoms with Crippen molar-refractivity contribution in [2.24, 2.45) is 0 Å². The first kappa shape index (κ1) is 18.7. The van der Waals surface area contributed by atoms with Crippen molar-refractivity contribution in [3.8, 4) is 0 Å². The zero-order valence-corrected chi connectivity index (χ0v) is 14.6. The van der Waals surface area contributed by atoms with Crippen molar-refractivity contribution in [2.75, 3.05) is 0 Å². The van der Waals surface area contributed by atoms with Gasteiger partial charge in [-0.1, -0.05) is 32.1 Å². The summed E-state index contributed by atoms with van der Waals surface area (Å²) in [7, 11) is 0. The second-order valence-corrected chi connectivity index (χ2v) is 6.34. The van der Waals surface area contributed by atoms with Gasteiger partial charge in [-0.3, -0.25) is 4.79 Å². The van der Waals surface area contributed by atoms with Crippen molar-refractivity contribution < 1.29 is 9.21 Å². The summed E-state index contributed by atoms with van der Waals surface area (Å²) in [4.78, 5) is 22.8. The Morgan fingerprint density at radius 1 is 0.864 bits per heavy atom. The third kappa shape index (κ3) is 6.17. The topological polar surface area (TPSA) is 47.3 Å². The van der Waals surface area contributed by atoms with Crippen LogP contribution in [0.15, 0.2) is 9.21 Å². The molecule has 124 valence electrons. The van der Waals surface area contributed by atoms with E-state index < -0.39 is 0 Å². The summed E-state index contributed by atoms with van der Waals surface area (Å²) in [6, 6.07) is 0. The molecule has 22 heavy (non-hydrogen) atoms. The minimum absolute atomic E-state index is 0.129. The van der Waals surface area contributed by atoms with Crippen LogP contribution in [0.5, 0.6) is 0 Å². The average molecular weight is 306 g/mol. The second kappa shape index (κ2) is 9.60. The molecular formula is C19H30O3. The van der Waals surface area contributed by atoms with Gasteiger partial charge in [0.1, 0.15) is 17.3 Å². The van der Waals surface area contributed by atoms with Crippen molar-refractivity contribution in [3.05, 3.63) is 32.9 Å². The molecule has 1 aromatic heterocycles. The Morgan fingerprint density at radius 2 is 1.41 bits per heavy atom. The Kier molecular flexibility index (Phi) is 8.15. The van der Waals surface area contributed by atoms with Gasteiger partial charge in [-0.25, -0.2) is 0 Å². The van der Waals surface area contributed by atoms with Gasteiger partial charge in [0.15, 0.2) is 5.43 Å². The molecule has 0 unspecified atom stereocenters. The van der Waals surface area contributed by atoms with E-state index in [4.69, 9.17) is 4.42 Å². The monoisotopic (exact) mass is 306 g/mol. The minimum atomic E-state index is 0.129. The summed E-state index contributed by atoms with van der Waals surface area (Å²) >= 11 is 0. The van der Waals surface area contributed by atoms with Gasteiger partial charge >= 0.3 is 0 Å². The van der Waals surface area contributed by atoms with Crippen molar-refractivity contribution in [3.63, 3.8) is 0 Å². The van der Waals surface area contributed by atoms with Crippen LogP contribution in [0.2, 0.25) is 0 Å². The van der Waals surface area contributed by atoms with E-state index in [9.17, 15) is 9.59 Å². The molecule has 0 aliphatic rings. The molecule has 1 rings (SSSR count). The van der Waals surface area contributed by atoms with Gasteiger partial charge in [0.2, 0.25) is 0 Å². The van der Waals surface area contributed by atoms with Crippen LogP contribution in [0.4, 0.5) is 0 Å². The van der Waals surface area contributed by atoms with E-state index >= 15 is 0 Å². The van der Waals surface area contributed by atoms with Crippen molar-refractivity contribution in [1.29, 1.82) is 0 Å². The smallest absolute Gasteiger partial charge is 0.191 e. The number of aryl methyl sites for hydroxylation is 2. The Hall–Kier alpha value is -1.38. The third-order valence-corrected chi connectivity index (χ3v) is 4.34. The SMILES string of the molecule is CC(=O)CCCCCCCCCc1oc(C)c(C)c(=O)c1C. The second-order valence-electron chi connectivity index (χ2n) is 6.34. The van der Waals surface area contributed by atoms with Gasteiger partial charge in [-0.15, -0.1) is 0 Å². The van der Waals surface area contributed by atoms with Gasteiger partial charge in [-0.2, -0.15) is 0 Å². The predicted molar refractivity (Wildman–Crippen MR) is 90.5 cm³/mol. The molecule has 0 bridgehead atoms. The molecule has 0 saturated heterocycles. The number of hydrogen-bond donors (Lipinski definition) is 0. The van der Waals surface area contributed by atoms with Crippen LogP contribution in [0.1, 0.15) is 80.9 Å². The highest BCUT2D eigenvalue weighted by Gasteiger charge is 2.10. The number of unbranched alkanes of at least 4 members (excludes halogenated alkanes) is 6. The number of hydrogen-bond acceptors (Lipinski definition) is 3. The van der Waals surface area contributed by atoms with Gasteiger partial charge in [0.05, 0.1) is 0 Å². The van der Waals surface area contributed by atoms with E-state index in [2.05, 4.69) is 0 Å². The van der Waals surface area contributed by atoms with Crippen LogP contribution < -0.4 is 5.43 Å². The number of ketones is 1. The molecule has 0 spiro atoms. The molecule has 1 aromatic rings. The van der Waals surface area contributed by atoms with Crippen LogP contribution in [0.25, 0.3) is 0 Å². The summed E-state index contributed by atoms with van der Waals surface area (Å²) in [5.74, 6) is 1.90. The Labute approximate surface area is 134 Å². The highest BCUT2D eigenvalue weighted by atomic mass is 16.3. The molecular weight excluding hydrogens is 276 g/mol. The predicted octanol–water partition coefficient (Wildman–Crippen LogP) is 4.82. The Bertz CT molecular complexity index is 540. The van der Waals surface area contributed by atoms with Crippen LogP contribution in [0, 0.1) is 20.8 Å². The number of carbonyl (C=O) groups excluding carboxylic acids is 1. The number of rotatable bonds is 10. The fraction of sp³-hybridized carbons (Fsp3) is 0.684. The van der Waals surface area contributed by atoms with E-state index in [0.29, 0.717) is 5.78 Å². The number of carbonyl (C=O) groups is 1. The number of Topliss-reactive ketones (excluding diaryl/α,β-unsaturated/α-hetero) is 1. The maximum Gasteiger partial charge on any atom is 0.191 e. The van der Waals surface area contributed by atoms with Gasteiger partial charge in [-0.05, 0) is 40.5 Å².